The molecule has 0 aliphatic carbocycles. The molecule has 1 heterocycles. The summed E-state index contributed by atoms with van der Waals surface area (Å²) >= 11 is 0. The summed E-state index contributed by atoms with van der Waals surface area (Å²) in [6.45, 7) is 10.8. The average Bonchev–Trinajstić information content (AvgIpc) is 2.38. The van der Waals surface area contributed by atoms with Crippen LogP contribution in [0.3, 0.4) is 0 Å². The number of rotatable bonds is 4. The number of nitrogens with one attached hydrogen (secondary N) is 1. The fourth-order valence-corrected chi connectivity index (χ4v) is 2.93. The van der Waals surface area contributed by atoms with Gasteiger partial charge < -0.3 is 5.32 Å². The zero-order valence-electron chi connectivity index (χ0n) is 10.8. The minimum atomic E-state index is -0.513. The first-order valence-corrected chi connectivity index (χ1v) is 6.65. The van der Waals surface area contributed by atoms with Gasteiger partial charge in [0, 0.05) is 5.92 Å². The van der Waals surface area contributed by atoms with E-state index in [2.05, 4.69) is 33.8 Å². The number of nitriles is 1. The molecule has 1 N–H and O–H groups in total. The van der Waals surface area contributed by atoms with Gasteiger partial charge in [0.15, 0.2) is 0 Å². The van der Waals surface area contributed by atoms with Crippen molar-refractivity contribution in [2.24, 2.45) is 11.3 Å². The van der Waals surface area contributed by atoms with Crippen molar-refractivity contribution in [1.29, 1.82) is 5.26 Å². The monoisotopic (exact) mass is 266 g/mol. The van der Waals surface area contributed by atoms with E-state index in [1.165, 1.54) is 6.08 Å². The first-order valence-electron chi connectivity index (χ1n) is 6.07. The predicted molar refractivity (Wildman–Crippen MR) is 76.5 cm³/mol. The van der Waals surface area contributed by atoms with Crippen molar-refractivity contribution < 1.29 is 4.39 Å². The zero-order valence-corrected chi connectivity index (χ0v) is 12.0. The summed E-state index contributed by atoms with van der Waals surface area (Å²) in [5, 5.41) is 13.3. The number of halogens is 1. The van der Waals surface area contributed by atoms with E-state index >= 15 is 0 Å². The molecule has 0 saturated carbocycles. The second-order valence-corrected chi connectivity index (χ2v) is 5.43. The van der Waals surface area contributed by atoms with Crippen molar-refractivity contribution >= 4 is 9.24 Å². The van der Waals surface area contributed by atoms with Crippen LogP contribution in [0.25, 0.3) is 0 Å². The van der Waals surface area contributed by atoms with E-state index in [1.54, 1.807) is 0 Å². The van der Waals surface area contributed by atoms with Crippen LogP contribution in [0.4, 0.5) is 4.39 Å². The van der Waals surface area contributed by atoms with Crippen LogP contribution in [0, 0.1) is 22.7 Å². The summed E-state index contributed by atoms with van der Waals surface area (Å²) in [5.41, 5.74) is -0.0149. The van der Waals surface area contributed by atoms with Crippen molar-refractivity contribution in [2.75, 3.05) is 13.1 Å². The lowest BCUT2D eigenvalue weighted by molar-refractivity contribution is 0.213. The lowest BCUT2D eigenvalue weighted by Crippen LogP contribution is -2.40. The minimum Gasteiger partial charge on any atom is -0.317 e. The Hall–Kier alpha value is -0.970. The van der Waals surface area contributed by atoms with Crippen molar-refractivity contribution in [3.8, 4) is 6.07 Å². The summed E-state index contributed by atoms with van der Waals surface area (Å²) < 4.78 is 13.9. The molecule has 0 bridgehead atoms. The first-order chi connectivity index (χ1) is 8.48. The molecular formula is C14H20FN2P. The van der Waals surface area contributed by atoms with Crippen LogP contribution in [0.2, 0.25) is 0 Å². The van der Waals surface area contributed by atoms with Gasteiger partial charge >= 0.3 is 0 Å². The van der Waals surface area contributed by atoms with Gasteiger partial charge in [0.25, 0.3) is 0 Å². The molecule has 2 unspecified atom stereocenters. The summed E-state index contributed by atoms with van der Waals surface area (Å²) in [6, 6.07) is 2.41. The third-order valence-electron chi connectivity index (χ3n) is 3.76. The molecular weight excluding hydrogens is 246 g/mol. The van der Waals surface area contributed by atoms with Crippen LogP contribution in [0.15, 0.2) is 35.9 Å². The van der Waals surface area contributed by atoms with Crippen LogP contribution in [0.5, 0.6) is 0 Å². The molecule has 98 valence electrons. The standard InChI is InChI=1S/C14H20FN2P/c1-4-12(15)13(11(3)18)10(2)14(9-16)5-7-17-8-6-14/h4,10,17H,1,3,5-8,18H2,2H3/b13-12+. The van der Waals surface area contributed by atoms with Crippen molar-refractivity contribution in [1.82, 2.24) is 5.32 Å². The van der Waals surface area contributed by atoms with Crippen molar-refractivity contribution in [3.63, 3.8) is 0 Å². The maximum Gasteiger partial charge on any atom is 0.126 e. The van der Waals surface area contributed by atoms with E-state index in [1.807, 2.05) is 6.92 Å². The predicted octanol–water partition coefficient (Wildman–Crippen LogP) is 3.31. The van der Waals surface area contributed by atoms with E-state index in [4.69, 9.17) is 0 Å². The largest absolute Gasteiger partial charge is 0.317 e. The molecule has 18 heavy (non-hydrogen) atoms. The topological polar surface area (TPSA) is 35.8 Å². The van der Waals surface area contributed by atoms with Gasteiger partial charge in [-0.2, -0.15) is 5.26 Å². The Morgan fingerprint density at radius 1 is 1.56 bits per heavy atom. The molecule has 1 aliphatic heterocycles. The Morgan fingerprint density at radius 3 is 2.50 bits per heavy atom. The van der Waals surface area contributed by atoms with E-state index in [0.29, 0.717) is 10.9 Å². The second-order valence-electron chi connectivity index (χ2n) is 4.73. The third-order valence-corrected chi connectivity index (χ3v) is 4.07. The van der Waals surface area contributed by atoms with Crippen LogP contribution < -0.4 is 5.32 Å². The fourth-order valence-electron chi connectivity index (χ4n) is 2.54. The molecule has 0 aromatic heterocycles. The Morgan fingerprint density at radius 2 is 2.11 bits per heavy atom. The van der Waals surface area contributed by atoms with Crippen LogP contribution in [-0.4, -0.2) is 13.1 Å². The summed E-state index contributed by atoms with van der Waals surface area (Å²) in [7, 11) is 2.43. The maximum atomic E-state index is 13.9. The van der Waals surface area contributed by atoms with Crippen LogP contribution in [-0.2, 0) is 0 Å². The van der Waals surface area contributed by atoms with Gasteiger partial charge in [-0.1, -0.05) is 20.1 Å². The molecule has 0 amide bonds. The van der Waals surface area contributed by atoms with Gasteiger partial charge in [0.2, 0.25) is 0 Å². The second kappa shape index (κ2) is 6.27. The molecule has 2 nitrogen and oxygen atoms in total. The maximum absolute atomic E-state index is 13.9. The number of hydrogen-bond acceptors (Lipinski definition) is 2. The lowest BCUT2D eigenvalue weighted by Gasteiger charge is -2.38. The van der Waals surface area contributed by atoms with Gasteiger partial charge in [-0.25, -0.2) is 4.39 Å². The Labute approximate surface area is 111 Å². The quantitative estimate of drug-likeness (QED) is 0.626. The highest BCUT2D eigenvalue weighted by molar-refractivity contribution is 7.23. The Balaban J connectivity index is 3.17. The minimum absolute atomic E-state index is 0.187. The zero-order chi connectivity index (χ0) is 13.8. The van der Waals surface area contributed by atoms with Crippen molar-refractivity contribution in [3.05, 3.63) is 35.9 Å². The van der Waals surface area contributed by atoms with Gasteiger partial charge in [-0.3, -0.25) is 0 Å². The number of allylic oxidation sites excluding steroid dienone is 4. The molecule has 0 spiro atoms. The summed E-state index contributed by atoms with van der Waals surface area (Å²) in [6.07, 6.45) is 2.65. The van der Waals surface area contributed by atoms with E-state index in [9.17, 15) is 9.65 Å². The normalized spacial score (nSPS) is 21.4. The van der Waals surface area contributed by atoms with Gasteiger partial charge in [0.05, 0.1) is 11.5 Å². The average molecular weight is 266 g/mol. The molecule has 1 aliphatic rings. The van der Waals surface area contributed by atoms with Crippen molar-refractivity contribution in [2.45, 2.75) is 19.8 Å². The SMILES string of the molecule is C=C/C(F)=C(\C(=C)P)C(C)C1(C#N)CCNCC1. The van der Waals surface area contributed by atoms with Crippen LogP contribution >= 0.6 is 9.24 Å². The van der Waals surface area contributed by atoms with Gasteiger partial charge in [-0.05, 0) is 42.9 Å². The molecule has 0 radical (unpaired) electrons. The van der Waals surface area contributed by atoms with E-state index < -0.39 is 5.41 Å². The molecule has 1 saturated heterocycles. The number of hydrogen-bond donors (Lipinski definition) is 1. The number of nitrogens with zero attached hydrogens (tertiary/aromatic N) is 1. The smallest absolute Gasteiger partial charge is 0.126 e. The molecule has 1 rings (SSSR count). The van der Waals surface area contributed by atoms with E-state index in [0.717, 1.165) is 25.9 Å². The highest BCUT2D eigenvalue weighted by Crippen LogP contribution is 2.44. The summed E-state index contributed by atoms with van der Waals surface area (Å²) in [5.74, 6) is -0.566. The third kappa shape index (κ3) is 2.88. The van der Waals surface area contributed by atoms with Gasteiger partial charge in [-0.15, -0.1) is 9.24 Å². The summed E-state index contributed by atoms with van der Waals surface area (Å²) in [4.78, 5) is 0. The van der Waals surface area contributed by atoms with E-state index in [-0.39, 0.29) is 11.7 Å². The Bertz CT molecular complexity index is 414. The number of piperidine rings is 1. The first kappa shape index (κ1) is 15.1. The Kier molecular flexibility index (Phi) is 5.26. The molecule has 4 heteroatoms. The molecule has 2 atom stereocenters. The molecule has 0 aromatic rings. The molecule has 0 aromatic carbocycles. The highest BCUT2D eigenvalue weighted by atomic mass is 31.0. The lowest BCUT2D eigenvalue weighted by atomic mass is 9.68. The molecule has 1 fully saturated rings. The highest BCUT2D eigenvalue weighted by Gasteiger charge is 2.40. The van der Waals surface area contributed by atoms with Gasteiger partial charge in [0.1, 0.15) is 5.83 Å². The van der Waals surface area contributed by atoms with Crippen LogP contribution in [0.1, 0.15) is 19.8 Å². The fraction of sp³-hybridized carbons (Fsp3) is 0.500.